The van der Waals surface area contributed by atoms with Crippen molar-refractivity contribution in [3.05, 3.63) is 0 Å². The molecule has 1 heterocycles. The molecule has 0 aliphatic carbocycles. The molecule has 1 saturated heterocycles. The zero-order valence-electron chi connectivity index (χ0n) is 7.61. The van der Waals surface area contributed by atoms with Crippen molar-refractivity contribution in [3.8, 4) is 0 Å². The first-order valence-electron chi connectivity index (χ1n) is 4.54. The SMILES string of the molecule is CC1CCCCN1.CCC.[HH]. The summed E-state index contributed by atoms with van der Waals surface area (Å²) in [5.41, 5.74) is 0. The average Bonchev–Trinajstić information content (AvgIpc) is 1.91. The van der Waals surface area contributed by atoms with E-state index >= 15 is 0 Å². The summed E-state index contributed by atoms with van der Waals surface area (Å²) < 4.78 is 0. The lowest BCUT2D eigenvalue weighted by molar-refractivity contribution is 0.425. The van der Waals surface area contributed by atoms with Gasteiger partial charge in [-0.1, -0.05) is 26.7 Å². The van der Waals surface area contributed by atoms with Crippen molar-refractivity contribution in [2.75, 3.05) is 6.54 Å². The summed E-state index contributed by atoms with van der Waals surface area (Å²) in [6.45, 7) is 7.74. The third-order valence-electron chi connectivity index (χ3n) is 1.56. The fourth-order valence-corrected chi connectivity index (χ4v) is 1.03. The van der Waals surface area contributed by atoms with Gasteiger partial charge in [0, 0.05) is 7.47 Å². The molecule has 0 aromatic carbocycles. The van der Waals surface area contributed by atoms with Gasteiger partial charge in [0.2, 0.25) is 0 Å². The van der Waals surface area contributed by atoms with Crippen LogP contribution in [0.3, 0.4) is 0 Å². The molecule has 1 heteroatoms. The van der Waals surface area contributed by atoms with Crippen LogP contribution in [-0.4, -0.2) is 12.6 Å². The molecule has 1 N–H and O–H groups in total. The third kappa shape index (κ3) is 6.09. The van der Waals surface area contributed by atoms with Crippen molar-refractivity contribution < 1.29 is 1.43 Å². The van der Waals surface area contributed by atoms with E-state index in [0.29, 0.717) is 0 Å². The van der Waals surface area contributed by atoms with E-state index in [1.54, 1.807) is 0 Å². The maximum Gasteiger partial charge on any atom is 0.00387 e. The van der Waals surface area contributed by atoms with E-state index in [4.69, 9.17) is 0 Å². The summed E-state index contributed by atoms with van der Waals surface area (Å²) in [6, 6.07) is 0.786. The Hall–Kier alpha value is -0.0400. The van der Waals surface area contributed by atoms with E-state index in [2.05, 4.69) is 26.1 Å². The molecule has 1 aliphatic rings. The minimum absolute atomic E-state index is 0. The summed E-state index contributed by atoms with van der Waals surface area (Å²) in [6.07, 6.45) is 5.43. The minimum Gasteiger partial charge on any atom is -0.314 e. The Labute approximate surface area is 66.7 Å². The van der Waals surface area contributed by atoms with Gasteiger partial charge in [0.1, 0.15) is 0 Å². The van der Waals surface area contributed by atoms with Crippen LogP contribution in [0.1, 0.15) is 47.9 Å². The highest BCUT2D eigenvalue weighted by Gasteiger charge is 2.04. The molecule has 1 atom stereocenters. The summed E-state index contributed by atoms with van der Waals surface area (Å²) in [4.78, 5) is 0. The lowest BCUT2D eigenvalue weighted by atomic mass is 10.1. The highest BCUT2D eigenvalue weighted by atomic mass is 14.9. The van der Waals surface area contributed by atoms with Gasteiger partial charge in [-0.2, -0.15) is 0 Å². The van der Waals surface area contributed by atoms with E-state index < -0.39 is 0 Å². The van der Waals surface area contributed by atoms with Crippen LogP contribution in [0.2, 0.25) is 0 Å². The molecular weight excluding hydrogens is 122 g/mol. The topological polar surface area (TPSA) is 12.0 Å². The Kier molecular flexibility index (Phi) is 7.04. The zero-order chi connectivity index (χ0) is 7.82. The molecule has 0 bridgehead atoms. The number of hydrogen-bond donors (Lipinski definition) is 1. The van der Waals surface area contributed by atoms with Crippen LogP contribution in [0.25, 0.3) is 0 Å². The minimum atomic E-state index is 0. The fraction of sp³-hybridized carbons (Fsp3) is 1.00. The molecule has 1 nitrogen and oxygen atoms in total. The molecule has 64 valence electrons. The molecule has 0 amide bonds. The molecule has 0 radical (unpaired) electrons. The quantitative estimate of drug-likeness (QED) is 0.552. The van der Waals surface area contributed by atoms with E-state index in [1.807, 2.05) is 0 Å². The van der Waals surface area contributed by atoms with Gasteiger partial charge < -0.3 is 5.32 Å². The summed E-state index contributed by atoms with van der Waals surface area (Å²) in [5.74, 6) is 0. The van der Waals surface area contributed by atoms with E-state index in [1.165, 1.54) is 32.2 Å². The molecule has 1 fully saturated rings. The van der Waals surface area contributed by atoms with Crippen LogP contribution in [0.15, 0.2) is 0 Å². The van der Waals surface area contributed by atoms with Crippen molar-refractivity contribution in [2.24, 2.45) is 0 Å². The molecule has 0 aromatic heterocycles. The van der Waals surface area contributed by atoms with Gasteiger partial charge >= 0.3 is 0 Å². The van der Waals surface area contributed by atoms with Crippen molar-refractivity contribution in [1.82, 2.24) is 5.32 Å². The number of piperidine rings is 1. The Balaban J connectivity index is 0. The molecule has 0 spiro atoms. The van der Waals surface area contributed by atoms with Gasteiger partial charge in [-0.25, -0.2) is 0 Å². The number of rotatable bonds is 0. The molecule has 1 rings (SSSR count). The lowest BCUT2D eigenvalue weighted by Crippen LogP contribution is -2.30. The van der Waals surface area contributed by atoms with E-state index in [-0.39, 0.29) is 1.43 Å². The first-order chi connectivity index (χ1) is 4.81. The van der Waals surface area contributed by atoms with Gasteiger partial charge in [-0.3, -0.25) is 0 Å². The van der Waals surface area contributed by atoms with Crippen LogP contribution in [0.5, 0.6) is 0 Å². The second-order valence-electron chi connectivity index (χ2n) is 3.06. The smallest absolute Gasteiger partial charge is 0.00387 e. The molecule has 0 aromatic rings. The predicted molar refractivity (Wildman–Crippen MR) is 49.4 cm³/mol. The zero-order valence-corrected chi connectivity index (χ0v) is 7.61. The van der Waals surface area contributed by atoms with Crippen molar-refractivity contribution >= 4 is 0 Å². The van der Waals surface area contributed by atoms with Crippen molar-refractivity contribution in [1.29, 1.82) is 0 Å². The molecule has 1 aliphatic heterocycles. The average molecular weight is 145 g/mol. The Bertz CT molecular complexity index is 60.6. The van der Waals surface area contributed by atoms with Crippen LogP contribution in [0.4, 0.5) is 0 Å². The monoisotopic (exact) mass is 145 g/mol. The number of nitrogens with one attached hydrogen (secondary N) is 1. The van der Waals surface area contributed by atoms with Crippen molar-refractivity contribution in [2.45, 2.75) is 52.5 Å². The van der Waals surface area contributed by atoms with Gasteiger partial charge in [0.25, 0.3) is 0 Å². The Morgan fingerprint density at radius 1 is 1.40 bits per heavy atom. The summed E-state index contributed by atoms with van der Waals surface area (Å²) in [5, 5.41) is 3.38. The van der Waals surface area contributed by atoms with Gasteiger partial charge in [-0.05, 0) is 26.3 Å². The summed E-state index contributed by atoms with van der Waals surface area (Å²) >= 11 is 0. The first-order valence-corrected chi connectivity index (χ1v) is 4.54. The predicted octanol–water partition coefficient (Wildman–Crippen LogP) is 2.81. The van der Waals surface area contributed by atoms with Gasteiger partial charge in [0.05, 0.1) is 0 Å². The van der Waals surface area contributed by atoms with Crippen LogP contribution in [-0.2, 0) is 0 Å². The van der Waals surface area contributed by atoms with Gasteiger partial charge in [-0.15, -0.1) is 0 Å². The summed E-state index contributed by atoms with van der Waals surface area (Å²) in [7, 11) is 0. The lowest BCUT2D eigenvalue weighted by Gasteiger charge is -2.18. The maximum atomic E-state index is 3.38. The Morgan fingerprint density at radius 3 is 2.20 bits per heavy atom. The van der Waals surface area contributed by atoms with Gasteiger partial charge in [0.15, 0.2) is 0 Å². The second kappa shape index (κ2) is 7.07. The fourth-order valence-electron chi connectivity index (χ4n) is 1.03. The largest absolute Gasteiger partial charge is 0.314 e. The highest BCUT2D eigenvalue weighted by molar-refractivity contribution is 4.65. The van der Waals surface area contributed by atoms with Crippen LogP contribution >= 0.6 is 0 Å². The molecule has 0 saturated carbocycles. The standard InChI is InChI=1S/C6H13N.C3H8.H2/c1-6-4-2-3-5-7-6;1-3-2;/h6-7H,2-5H2,1H3;3H2,1-2H3;1H. The number of hydrogen-bond acceptors (Lipinski definition) is 1. The normalized spacial score (nSPS) is 24.9. The van der Waals surface area contributed by atoms with Crippen LogP contribution in [0, 0.1) is 0 Å². The molecular formula is C9H23N. The van der Waals surface area contributed by atoms with E-state index in [0.717, 1.165) is 6.04 Å². The second-order valence-corrected chi connectivity index (χ2v) is 3.06. The van der Waals surface area contributed by atoms with E-state index in [9.17, 15) is 0 Å². The first kappa shape index (κ1) is 9.96. The van der Waals surface area contributed by atoms with Crippen LogP contribution < -0.4 is 5.32 Å². The third-order valence-corrected chi connectivity index (χ3v) is 1.56. The Morgan fingerprint density at radius 2 is 2.00 bits per heavy atom. The highest BCUT2D eigenvalue weighted by Crippen LogP contribution is 2.04. The maximum absolute atomic E-state index is 3.38. The molecule has 1 unspecified atom stereocenters. The molecule has 10 heavy (non-hydrogen) atoms. The van der Waals surface area contributed by atoms with Crippen molar-refractivity contribution in [3.63, 3.8) is 0 Å².